The van der Waals surface area contributed by atoms with Crippen LogP contribution in [-0.4, -0.2) is 52.2 Å². The third-order valence-corrected chi connectivity index (χ3v) is 7.60. The molecule has 2 N–H and O–H groups in total. The third-order valence-electron chi connectivity index (χ3n) is 6.84. The molecule has 0 saturated carbocycles. The Morgan fingerprint density at radius 1 is 1.11 bits per heavy atom. The number of likely N-dealkylation sites (tertiary alicyclic amines) is 1. The Bertz CT molecular complexity index is 1240. The summed E-state index contributed by atoms with van der Waals surface area (Å²) in [5, 5.41) is 13.8. The lowest BCUT2D eigenvalue weighted by molar-refractivity contribution is -0.145. The lowest BCUT2D eigenvalue weighted by Gasteiger charge is -2.37. The maximum absolute atomic E-state index is 12.9. The van der Waals surface area contributed by atoms with Gasteiger partial charge in [0.15, 0.2) is 5.13 Å². The molecule has 9 heteroatoms. The van der Waals surface area contributed by atoms with Gasteiger partial charge in [0.25, 0.3) is 5.91 Å². The molecule has 1 fully saturated rings. The molecule has 180 valence electrons. The zero-order chi connectivity index (χ0) is 24.5. The number of piperidine rings is 1. The number of carboxylic acid groups (broad SMARTS) is 1. The Balaban J connectivity index is 1.22. The van der Waals surface area contributed by atoms with Gasteiger partial charge in [-0.2, -0.15) is 0 Å². The number of hydrogen-bond acceptors (Lipinski definition) is 6. The fourth-order valence-electron chi connectivity index (χ4n) is 5.06. The van der Waals surface area contributed by atoms with Crippen molar-refractivity contribution in [3.05, 3.63) is 70.7 Å². The van der Waals surface area contributed by atoms with E-state index in [0.29, 0.717) is 19.4 Å². The first-order valence-electron chi connectivity index (χ1n) is 11.6. The molecule has 2 atom stereocenters. The first kappa shape index (κ1) is 23.0. The van der Waals surface area contributed by atoms with Crippen molar-refractivity contribution in [2.45, 2.75) is 31.7 Å². The molecule has 1 aliphatic heterocycles. The maximum Gasteiger partial charge on any atom is 0.413 e. The van der Waals surface area contributed by atoms with Gasteiger partial charge in [0.2, 0.25) is 0 Å². The standard InChI is InChI=1S/C26H25N3O5S/c1-15-16(24(31)32)11-6-12-29(15)23(30)22-14-35-25(27-22)28-26(33)34-13-21-19-9-4-2-7-17(19)18-8-3-5-10-20(18)21/h2-5,7-10,14-16,21H,6,11-13H2,1H3,(H,31,32)(H,27,28,33)/t15-,16-/m0/s1. The normalized spacial score (nSPS) is 19.1. The molecule has 5 rings (SSSR count). The van der Waals surface area contributed by atoms with Crippen molar-refractivity contribution in [3.63, 3.8) is 0 Å². The van der Waals surface area contributed by atoms with Crippen LogP contribution in [0.5, 0.6) is 0 Å². The maximum atomic E-state index is 12.9. The van der Waals surface area contributed by atoms with Crippen molar-refractivity contribution >= 4 is 34.4 Å². The number of carbonyl (C=O) groups is 3. The summed E-state index contributed by atoms with van der Waals surface area (Å²) in [5.74, 6) is -1.87. The summed E-state index contributed by atoms with van der Waals surface area (Å²) in [7, 11) is 0. The van der Waals surface area contributed by atoms with Crippen LogP contribution in [0.4, 0.5) is 9.93 Å². The quantitative estimate of drug-likeness (QED) is 0.529. The number of rotatable bonds is 5. The predicted octanol–water partition coefficient (Wildman–Crippen LogP) is 4.83. The number of anilines is 1. The number of benzene rings is 2. The number of fused-ring (bicyclic) bond motifs is 3. The van der Waals surface area contributed by atoms with Crippen molar-refractivity contribution in [2.75, 3.05) is 18.5 Å². The second-order valence-corrected chi connectivity index (χ2v) is 9.67. The van der Waals surface area contributed by atoms with Gasteiger partial charge in [-0.3, -0.25) is 14.9 Å². The fraction of sp³-hybridized carbons (Fsp3) is 0.308. The molecule has 2 aromatic carbocycles. The van der Waals surface area contributed by atoms with Crippen LogP contribution in [0, 0.1) is 5.92 Å². The van der Waals surface area contributed by atoms with Crippen molar-refractivity contribution in [1.82, 2.24) is 9.88 Å². The van der Waals surface area contributed by atoms with E-state index in [2.05, 4.69) is 34.6 Å². The molecule has 2 heterocycles. The Kier molecular flexibility index (Phi) is 6.25. The van der Waals surface area contributed by atoms with Crippen LogP contribution in [0.15, 0.2) is 53.9 Å². The molecular weight excluding hydrogens is 466 g/mol. The van der Waals surface area contributed by atoms with Gasteiger partial charge in [-0.15, -0.1) is 11.3 Å². The second kappa shape index (κ2) is 9.50. The highest BCUT2D eigenvalue weighted by Gasteiger charge is 2.36. The summed E-state index contributed by atoms with van der Waals surface area (Å²) < 4.78 is 5.54. The summed E-state index contributed by atoms with van der Waals surface area (Å²) in [6.07, 6.45) is 0.533. The highest BCUT2D eigenvalue weighted by atomic mass is 32.1. The Hall–Kier alpha value is -3.72. The average Bonchev–Trinajstić information content (AvgIpc) is 3.45. The number of hydrogen-bond donors (Lipinski definition) is 2. The van der Waals surface area contributed by atoms with Crippen molar-refractivity contribution in [3.8, 4) is 11.1 Å². The summed E-state index contributed by atoms with van der Waals surface area (Å²) >= 11 is 1.13. The monoisotopic (exact) mass is 491 g/mol. The third kappa shape index (κ3) is 4.39. The minimum absolute atomic E-state index is 0.0515. The van der Waals surface area contributed by atoms with E-state index in [1.54, 1.807) is 17.2 Å². The topological polar surface area (TPSA) is 109 Å². The van der Waals surface area contributed by atoms with E-state index in [1.807, 2.05) is 24.3 Å². The molecule has 8 nitrogen and oxygen atoms in total. The van der Waals surface area contributed by atoms with Crippen LogP contribution >= 0.6 is 11.3 Å². The highest BCUT2D eigenvalue weighted by molar-refractivity contribution is 7.14. The molecular formula is C26H25N3O5S. The first-order chi connectivity index (χ1) is 16.9. The summed E-state index contributed by atoms with van der Waals surface area (Å²) in [6.45, 7) is 2.41. The largest absolute Gasteiger partial charge is 0.481 e. The van der Waals surface area contributed by atoms with Gasteiger partial charge in [-0.1, -0.05) is 48.5 Å². The van der Waals surface area contributed by atoms with Crippen LogP contribution < -0.4 is 5.32 Å². The first-order valence-corrected chi connectivity index (χ1v) is 12.4. The number of carboxylic acids is 1. The van der Waals surface area contributed by atoms with Gasteiger partial charge in [0.1, 0.15) is 12.3 Å². The van der Waals surface area contributed by atoms with Gasteiger partial charge >= 0.3 is 12.1 Å². The SMILES string of the molecule is C[C@H]1[C@@H](C(=O)O)CCCN1C(=O)c1csc(NC(=O)OCC2c3ccccc3-c3ccccc32)n1. The molecule has 0 unspecified atom stereocenters. The van der Waals surface area contributed by atoms with E-state index < -0.39 is 24.0 Å². The van der Waals surface area contributed by atoms with Crippen molar-refractivity contribution < 1.29 is 24.2 Å². The van der Waals surface area contributed by atoms with Gasteiger partial charge in [0, 0.05) is 23.9 Å². The smallest absolute Gasteiger partial charge is 0.413 e. The van der Waals surface area contributed by atoms with Crippen molar-refractivity contribution in [2.24, 2.45) is 5.92 Å². The van der Waals surface area contributed by atoms with Gasteiger partial charge < -0.3 is 14.7 Å². The van der Waals surface area contributed by atoms with Crippen LogP contribution in [0.2, 0.25) is 0 Å². The van der Waals surface area contributed by atoms with Gasteiger partial charge in [0.05, 0.1) is 5.92 Å². The number of aromatic nitrogens is 1. The summed E-state index contributed by atoms with van der Waals surface area (Å²) in [6, 6.07) is 15.8. The Labute approximate surface area is 206 Å². The summed E-state index contributed by atoms with van der Waals surface area (Å²) in [4.78, 5) is 42.7. The predicted molar refractivity (Wildman–Crippen MR) is 132 cm³/mol. The Morgan fingerprint density at radius 2 is 1.77 bits per heavy atom. The summed E-state index contributed by atoms with van der Waals surface area (Å²) in [5.41, 5.74) is 4.73. The van der Waals surface area contributed by atoms with E-state index in [4.69, 9.17) is 4.74 Å². The number of thiazole rings is 1. The lowest BCUT2D eigenvalue weighted by atomic mass is 9.90. The van der Waals surface area contributed by atoms with E-state index in [1.165, 1.54) is 0 Å². The molecule has 0 radical (unpaired) electrons. The average molecular weight is 492 g/mol. The minimum Gasteiger partial charge on any atom is -0.481 e. The van der Waals surface area contributed by atoms with Crippen LogP contribution in [-0.2, 0) is 9.53 Å². The van der Waals surface area contributed by atoms with Crippen LogP contribution in [0.3, 0.4) is 0 Å². The number of carbonyl (C=O) groups excluding carboxylic acids is 2. The second-order valence-electron chi connectivity index (χ2n) is 8.81. The zero-order valence-corrected chi connectivity index (χ0v) is 20.0. The molecule has 1 aromatic heterocycles. The highest BCUT2D eigenvalue weighted by Crippen LogP contribution is 2.44. The molecule has 2 amide bonds. The van der Waals surface area contributed by atoms with E-state index in [9.17, 15) is 19.5 Å². The molecule has 0 spiro atoms. The molecule has 1 saturated heterocycles. The molecule has 0 bridgehead atoms. The van der Waals surface area contributed by atoms with Gasteiger partial charge in [-0.25, -0.2) is 9.78 Å². The van der Waals surface area contributed by atoms with Crippen LogP contribution in [0.25, 0.3) is 11.1 Å². The zero-order valence-electron chi connectivity index (χ0n) is 19.1. The van der Waals surface area contributed by atoms with E-state index in [0.717, 1.165) is 33.6 Å². The number of aliphatic carboxylic acids is 1. The lowest BCUT2D eigenvalue weighted by Crippen LogP contribution is -2.49. The number of nitrogens with zero attached hydrogens (tertiary/aromatic N) is 2. The fourth-order valence-corrected chi connectivity index (χ4v) is 5.73. The van der Waals surface area contributed by atoms with Crippen LogP contribution in [0.1, 0.15) is 47.3 Å². The van der Waals surface area contributed by atoms with Gasteiger partial charge in [-0.05, 0) is 42.0 Å². The molecule has 35 heavy (non-hydrogen) atoms. The van der Waals surface area contributed by atoms with Crippen molar-refractivity contribution in [1.29, 1.82) is 0 Å². The Morgan fingerprint density at radius 3 is 2.43 bits per heavy atom. The molecule has 3 aromatic rings. The number of amides is 2. The number of ether oxygens (including phenoxy) is 1. The molecule has 2 aliphatic rings. The number of nitrogens with one attached hydrogen (secondary N) is 1. The van der Waals surface area contributed by atoms with E-state index >= 15 is 0 Å². The molecule has 1 aliphatic carbocycles. The van der Waals surface area contributed by atoms with E-state index in [-0.39, 0.29) is 29.3 Å². The minimum atomic E-state index is -0.897.